The van der Waals surface area contributed by atoms with Crippen LogP contribution >= 0.6 is 0 Å². The Morgan fingerprint density at radius 3 is 2.80 bits per heavy atom. The predicted molar refractivity (Wildman–Crippen MR) is 76.7 cm³/mol. The van der Waals surface area contributed by atoms with Gasteiger partial charge in [-0.15, -0.1) is 0 Å². The van der Waals surface area contributed by atoms with Crippen molar-refractivity contribution in [2.75, 3.05) is 6.54 Å². The standard InChI is InChI=1S/C15H21N3O2/c1-10(2)15-17-14(18-20-15)9-19-13-5-4-11(3)8-12(13)6-7-16/h4-5,8,10H,6-7,9,16H2,1-3H3. The first-order valence-corrected chi connectivity index (χ1v) is 6.85. The molecule has 0 saturated heterocycles. The van der Waals surface area contributed by atoms with Crippen molar-refractivity contribution in [3.63, 3.8) is 0 Å². The maximum absolute atomic E-state index is 5.78. The third kappa shape index (κ3) is 3.57. The SMILES string of the molecule is Cc1ccc(OCc2noc(C(C)C)n2)c(CCN)c1. The van der Waals surface area contributed by atoms with E-state index in [0.717, 1.165) is 17.7 Å². The molecule has 0 saturated carbocycles. The summed E-state index contributed by atoms with van der Waals surface area (Å²) in [6, 6.07) is 6.08. The highest BCUT2D eigenvalue weighted by atomic mass is 16.5. The quantitative estimate of drug-likeness (QED) is 0.877. The molecule has 0 radical (unpaired) electrons. The maximum Gasteiger partial charge on any atom is 0.229 e. The minimum Gasteiger partial charge on any atom is -0.485 e. The van der Waals surface area contributed by atoms with Crippen LogP contribution in [0.4, 0.5) is 0 Å². The molecule has 20 heavy (non-hydrogen) atoms. The Balaban J connectivity index is 2.06. The second-order valence-electron chi connectivity index (χ2n) is 5.14. The summed E-state index contributed by atoms with van der Waals surface area (Å²) in [6.45, 7) is 6.98. The van der Waals surface area contributed by atoms with Crippen molar-refractivity contribution in [2.45, 2.75) is 39.7 Å². The molecule has 0 amide bonds. The lowest BCUT2D eigenvalue weighted by Gasteiger charge is -2.10. The lowest BCUT2D eigenvalue weighted by Crippen LogP contribution is -2.06. The van der Waals surface area contributed by atoms with E-state index in [1.54, 1.807) is 0 Å². The van der Waals surface area contributed by atoms with Gasteiger partial charge in [-0.05, 0) is 31.5 Å². The van der Waals surface area contributed by atoms with E-state index in [1.165, 1.54) is 5.56 Å². The molecule has 0 atom stereocenters. The molecule has 0 spiro atoms. The van der Waals surface area contributed by atoms with Crippen LogP contribution in [0.15, 0.2) is 22.7 Å². The monoisotopic (exact) mass is 275 g/mol. The molecule has 0 bridgehead atoms. The van der Waals surface area contributed by atoms with Gasteiger partial charge in [0.05, 0.1) is 0 Å². The number of aromatic nitrogens is 2. The van der Waals surface area contributed by atoms with Crippen molar-refractivity contribution in [3.8, 4) is 5.75 Å². The highest BCUT2D eigenvalue weighted by molar-refractivity contribution is 5.37. The molecule has 0 aliphatic heterocycles. The van der Waals surface area contributed by atoms with E-state index in [9.17, 15) is 0 Å². The molecule has 0 aliphatic rings. The van der Waals surface area contributed by atoms with E-state index >= 15 is 0 Å². The lowest BCUT2D eigenvalue weighted by atomic mass is 10.1. The van der Waals surface area contributed by atoms with Gasteiger partial charge in [0, 0.05) is 5.92 Å². The summed E-state index contributed by atoms with van der Waals surface area (Å²) in [5.41, 5.74) is 7.94. The van der Waals surface area contributed by atoms with Crippen LogP contribution < -0.4 is 10.5 Å². The molecular weight excluding hydrogens is 254 g/mol. The van der Waals surface area contributed by atoms with E-state index in [4.69, 9.17) is 15.0 Å². The molecule has 2 aromatic rings. The molecule has 1 heterocycles. The van der Waals surface area contributed by atoms with Crippen LogP contribution in [-0.4, -0.2) is 16.7 Å². The Hall–Kier alpha value is -1.88. The van der Waals surface area contributed by atoms with Crippen molar-refractivity contribution in [1.82, 2.24) is 10.1 Å². The number of benzene rings is 1. The van der Waals surface area contributed by atoms with Crippen molar-refractivity contribution in [1.29, 1.82) is 0 Å². The Morgan fingerprint density at radius 2 is 2.15 bits per heavy atom. The van der Waals surface area contributed by atoms with Gasteiger partial charge < -0.3 is 15.0 Å². The predicted octanol–water partition coefficient (Wildman–Crippen LogP) is 2.58. The smallest absolute Gasteiger partial charge is 0.229 e. The molecule has 108 valence electrons. The van der Waals surface area contributed by atoms with E-state index in [0.29, 0.717) is 24.9 Å². The lowest BCUT2D eigenvalue weighted by molar-refractivity contribution is 0.282. The molecule has 2 rings (SSSR count). The largest absolute Gasteiger partial charge is 0.485 e. The molecule has 2 N–H and O–H groups in total. The average molecular weight is 275 g/mol. The molecule has 1 aromatic heterocycles. The van der Waals surface area contributed by atoms with Crippen molar-refractivity contribution < 1.29 is 9.26 Å². The Labute approximate surface area is 119 Å². The Bertz CT molecular complexity index is 564. The van der Waals surface area contributed by atoms with Gasteiger partial charge in [-0.3, -0.25) is 0 Å². The maximum atomic E-state index is 5.78. The van der Waals surface area contributed by atoms with Gasteiger partial charge in [-0.2, -0.15) is 4.98 Å². The summed E-state index contributed by atoms with van der Waals surface area (Å²) in [5.74, 6) is 2.25. The number of nitrogens with two attached hydrogens (primary N) is 1. The van der Waals surface area contributed by atoms with Crippen LogP contribution in [0.3, 0.4) is 0 Å². The first kappa shape index (κ1) is 14.5. The summed E-state index contributed by atoms with van der Waals surface area (Å²) < 4.78 is 10.9. The zero-order valence-electron chi connectivity index (χ0n) is 12.2. The Morgan fingerprint density at radius 1 is 1.35 bits per heavy atom. The van der Waals surface area contributed by atoms with Crippen LogP contribution in [-0.2, 0) is 13.0 Å². The summed E-state index contributed by atoms with van der Waals surface area (Å²) in [6.07, 6.45) is 0.792. The number of hydrogen-bond acceptors (Lipinski definition) is 5. The normalized spacial score (nSPS) is 11.1. The molecular formula is C15H21N3O2. The van der Waals surface area contributed by atoms with Crippen LogP contribution in [0.25, 0.3) is 0 Å². The fourth-order valence-corrected chi connectivity index (χ4v) is 1.90. The van der Waals surface area contributed by atoms with Gasteiger partial charge in [0.25, 0.3) is 0 Å². The topological polar surface area (TPSA) is 74.2 Å². The molecule has 0 fully saturated rings. The molecule has 1 aromatic carbocycles. The molecule has 5 nitrogen and oxygen atoms in total. The zero-order valence-corrected chi connectivity index (χ0v) is 12.2. The second kappa shape index (κ2) is 6.52. The third-order valence-corrected chi connectivity index (χ3v) is 2.96. The fourth-order valence-electron chi connectivity index (χ4n) is 1.90. The first-order chi connectivity index (χ1) is 9.60. The van der Waals surface area contributed by atoms with Crippen molar-refractivity contribution in [2.24, 2.45) is 5.73 Å². The minimum atomic E-state index is 0.225. The summed E-state index contributed by atoms with van der Waals surface area (Å²) in [5, 5.41) is 3.91. The van der Waals surface area contributed by atoms with Crippen molar-refractivity contribution in [3.05, 3.63) is 41.0 Å². The van der Waals surface area contributed by atoms with Crippen LogP contribution in [0.5, 0.6) is 5.75 Å². The van der Waals surface area contributed by atoms with Gasteiger partial charge in [0.15, 0.2) is 6.61 Å². The van der Waals surface area contributed by atoms with Gasteiger partial charge >= 0.3 is 0 Å². The number of hydrogen-bond donors (Lipinski definition) is 1. The van der Waals surface area contributed by atoms with E-state index < -0.39 is 0 Å². The van der Waals surface area contributed by atoms with Crippen molar-refractivity contribution >= 4 is 0 Å². The summed E-state index contributed by atoms with van der Waals surface area (Å²) in [4.78, 5) is 4.29. The van der Waals surface area contributed by atoms with Gasteiger partial charge in [0.2, 0.25) is 11.7 Å². The van der Waals surface area contributed by atoms with E-state index in [-0.39, 0.29) is 5.92 Å². The molecule has 0 aliphatic carbocycles. The van der Waals surface area contributed by atoms with Gasteiger partial charge in [-0.1, -0.05) is 36.7 Å². The zero-order chi connectivity index (χ0) is 14.5. The average Bonchev–Trinajstić information content (AvgIpc) is 2.87. The van der Waals surface area contributed by atoms with Crippen LogP contribution in [0, 0.1) is 6.92 Å². The number of aryl methyl sites for hydroxylation is 1. The number of nitrogens with zero attached hydrogens (tertiary/aromatic N) is 2. The fraction of sp³-hybridized carbons (Fsp3) is 0.467. The van der Waals surface area contributed by atoms with E-state index in [2.05, 4.69) is 23.1 Å². The highest BCUT2D eigenvalue weighted by Crippen LogP contribution is 2.21. The van der Waals surface area contributed by atoms with Crippen LogP contribution in [0.2, 0.25) is 0 Å². The summed E-state index contributed by atoms with van der Waals surface area (Å²) >= 11 is 0. The second-order valence-corrected chi connectivity index (χ2v) is 5.14. The highest BCUT2D eigenvalue weighted by Gasteiger charge is 2.11. The third-order valence-electron chi connectivity index (χ3n) is 2.96. The Kier molecular flexibility index (Phi) is 4.74. The van der Waals surface area contributed by atoms with Gasteiger partial charge in [0.1, 0.15) is 5.75 Å². The van der Waals surface area contributed by atoms with Crippen LogP contribution in [0.1, 0.15) is 42.6 Å². The summed E-state index contributed by atoms with van der Waals surface area (Å²) in [7, 11) is 0. The number of ether oxygens (including phenoxy) is 1. The number of rotatable bonds is 6. The minimum absolute atomic E-state index is 0.225. The first-order valence-electron chi connectivity index (χ1n) is 6.85. The molecule has 0 unspecified atom stereocenters. The van der Waals surface area contributed by atoms with Gasteiger partial charge in [-0.25, -0.2) is 0 Å². The van der Waals surface area contributed by atoms with E-state index in [1.807, 2.05) is 26.0 Å². The molecule has 5 heteroatoms.